The predicted molar refractivity (Wildman–Crippen MR) is 91.4 cm³/mol. The molecule has 1 aliphatic carbocycles. The summed E-state index contributed by atoms with van der Waals surface area (Å²) in [5.41, 5.74) is 10.9. The van der Waals surface area contributed by atoms with Crippen molar-refractivity contribution in [3.63, 3.8) is 0 Å². The Balaban J connectivity index is 1.58. The van der Waals surface area contributed by atoms with Crippen LogP contribution in [0.25, 0.3) is 11.5 Å². The van der Waals surface area contributed by atoms with Gasteiger partial charge < -0.3 is 10.3 Å². The standard InChI is InChI=1S/C19H20N4O/c20-17-5-1-4-14-6-7-15(10-16(14)11-17)19-22-18(23-24-19)9-13-3-2-8-21-12-13/h2-3,6-8,10,12,17H,1,4-5,9,11,20H2. The number of nitrogens with zero attached hydrogens (tertiary/aromatic N) is 3. The minimum Gasteiger partial charge on any atom is -0.334 e. The topological polar surface area (TPSA) is 77.8 Å². The van der Waals surface area contributed by atoms with Gasteiger partial charge in [-0.3, -0.25) is 4.98 Å². The van der Waals surface area contributed by atoms with Crippen molar-refractivity contribution in [3.8, 4) is 11.5 Å². The summed E-state index contributed by atoms with van der Waals surface area (Å²) < 4.78 is 5.46. The van der Waals surface area contributed by atoms with Crippen LogP contribution in [0.3, 0.4) is 0 Å². The van der Waals surface area contributed by atoms with Gasteiger partial charge in [-0.05, 0) is 60.6 Å². The molecule has 24 heavy (non-hydrogen) atoms. The first-order valence-electron chi connectivity index (χ1n) is 8.37. The maximum Gasteiger partial charge on any atom is 0.257 e. The van der Waals surface area contributed by atoms with Crippen LogP contribution in [0, 0.1) is 0 Å². The first kappa shape index (κ1) is 15.0. The third-order valence-electron chi connectivity index (χ3n) is 4.51. The highest BCUT2D eigenvalue weighted by Crippen LogP contribution is 2.26. The lowest BCUT2D eigenvalue weighted by Gasteiger charge is -2.09. The molecule has 0 fully saturated rings. The number of hydrogen-bond donors (Lipinski definition) is 1. The van der Waals surface area contributed by atoms with Gasteiger partial charge in [0, 0.05) is 30.4 Å². The summed E-state index contributed by atoms with van der Waals surface area (Å²) in [5.74, 6) is 1.24. The molecule has 0 amide bonds. The Morgan fingerprint density at radius 2 is 2.17 bits per heavy atom. The highest BCUT2D eigenvalue weighted by molar-refractivity contribution is 5.56. The molecule has 1 aromatic carbocycles. The molecule has 0 radical (unpaired) electrons. The average Bonchev–Trinajstić information content (AvgIpc) is 2.97. The Bertz CT molecular complexity index is 828. The number of pyridine rings is 1. The van der Waals surface area contributed by atoms with Crippen molar-refractivity contribution in [1.29, 1.82) is 0 Å². The summed E-state index contributed by atoms with van der Waals surface area (Å²) in [5, 5.41) is 4.09. The zero-order chi connectivity index (χ0) is 16.4. The molecule has 3 aromatic rings. The first-order valence-corrected chi connectivity index (χ1v) is 8.37. The van der Waals surface area contributed by atoms with Crippen LogP contribution in [0.4, 0.5) is 0 Å². The highest BCUT2D eigenvalue weighted by atomic mass is 16.5. The zero-order valence-electron chi connectivity index (χ0n) is 13.5. The number of nitrogens with two attached hydrogens (primary N) is 1. The molecule has 0 saturated carbocycles. The Labute approximate surface area is 140 Å². The number of hydrogen-bond acceptors (Lipinski definition) is 5. The molecule has 0 spiro atoms. The third kappa shape index (κ3) is 3.21. The molecule has 1 atom stereocenters. The van der Waals surface area contributed by atoms with E-state index in [9.17, 15) is 0 Å². The van der Waals surface area contributed by atoms with E-state index >= 15 is 0 Å². The molecule has 2 heterocycles. The lowest BCUT2D eigenvalue weighted by Crippen LogP contribution is -2.21. The van der Waals surface area contributed by atoms with Crippen LogP contribution in [-0.4, -0.2) is 21.2 Å². The molecule has 2 N–H and O–H groups in total. The van der Waals surface area contributed by atoms with E-state index in [1.807, 2.05) is 18.3 Å². The first-order chi connectivity index (χ1) is 11.8. The van der Waals surface area contributed by atoms with Crippen molar-refractivity contribution < 1.29 is 4.52 Å². The number of benzene rings is 1. The SMILES string of the molecule is NC1CCCc2ccc(-c3nc(Cc4cccnc4)no3)cc2C1. The number of aryl methyl sites for hydroxylation is 1. The minimum atomic E-state index is 0.241. The van der Waals surface area contributed by atoms with E-state index in [1.165, 1.54) is 11.1 Å². The minimum absolute atomic E-state index is 0.241. The molecule has 5 heteroatoms. The van der Waals surface area contributed by atoms with Crippen molar-refractivity contribution in [1.82, 2.24) is 15.1 Å². The summed E-state index contributed by atoms with van der Waals surface area (Å²) >= 11 is 0. The van der Waals surface area contributed by atoms with Crippen molar-refractivity contribution >= 4 is 0 Å². The van der Waals surface area contributed by atoms with Crippen LogP contribution < -0.4 is 5.73 Å². The fourth-order valence-corrected chi connectivity index (χ4v) is 3.26. The van der Waals surface area contributed by atoms with Crippen molar-refractivity contribution in [2.45, 2.75) is 38.1 Å². The van der Waals surface area contributed by atoms with Gasteiger partial charge in [0.1, 0.15) is 0 Å². The molecule has 122 valence electrons. The van der Waals surface area contributed by atoms with Gasteiger partial charge in [0.15, 0.2) is 5.82 Å². The maximum absolute atomic E-state index is 6.17. The van der Waals surface area contributed by atoms with E-state index in [0.717, 1.165) is 36.8 Å². The average molecular weight is 320 g/mol. The summed E-state index contributed by atoms with van der Waals surface area (Å²) in [7, 11) is 0. The predicted octanol–water partition coefficient (Wildman–Crippen LogP) is 2.93. The molecule has 4 rings (SSSR count). The fraction of sp³-hybridized carbons (Fsp3) is 0.316. The third-order valence-corrected chi connectivity index (χ3v) is 4.51. The van der Waals surface area contributed by atoms with Gasteiger partial charge in [-0.1, -0.05) is 17.3 Å². The number of aromatic nitrogens is 3. The van der Waals surface area contributed by atoms with Gasteiger partial charge in [0.05, 0.1) is 0 Å². The Hall–Kier alpha value is -2.53. The van der Waals surface area contributed by atoms with Crippen LogP contribution >= 0.6 is 0 Å². The lowest BCUT2D eigenvalue weighted by molar-refractivity contribution is 0.424. The number of rotatable bonds is 3. The largest absolute Gasteiger partial charge is 0.334 e. The summed E-state index contributed by atoms with van der Waals surface area (Å²) in [4.78, 5) is 8.64. The van der Waals surface area contributed by atoms with E-state index in [2.05, 4.69) is 33.3 Å². The van der Waals surface area contributed by atoms with Crippen molar-refractivity contribution in [2.24, 2.45) is 5.73 Å². The molecule has 2 aromatic heterocycles. The van der Waals surface area contributed by atoms with Gasteiger partial charge in [-0.2, -0.15) is 4.98 Å². The van der Waals surface area contributed by atoms with Gasteiger partial charge in [0.2, 0.25) is 0 Å². The molecule has 0 saturated heterocycles. The van der Waals surface area contributed by atoms with E-state index in [0.29, 0.717) is 18.1 Å². The zero-order valence-corrected chi connectivity index (χ0v) is 13.5. The molecular formula is C19H20N4O. The highest BCUT2D eigenvalue weighted by Gasteiger charge is 2.16. The Morgan fingerprint density at radius 3 is 3.04 bits per heavy atom. The second kappa shape index (κ2) is 6.53. The molecule has 5 nitrogen and oxygen atoms in total. The van der Waals surface area contributed by atoms with Gasteiger partial charge in [-0.25, -0.2) is 0 Å². The lowest BCUT2D eigenvalue weighted by atomic mass is 9.99. The van der Waals surface area contributed by atoms with Crippen molar-refractivity contribution in [2.75, 3.05) is 0 Å². The van der Waals surface area contributed by atoms with Crippen LogP contribution in [0.2, 0.25) is 0 Å². The summed E-state index contributed by atoms with van der Waals surface area (Å²) in [6.45, 7) is 0. The molecule has 1 aliphatic rings. The van der Waals surface area contributed by atoms with Gasteiger partial charge >= 0.3 is 0 Å². The van der Waals surface area contributed by atoms with E-state index in [-0.39, 0.29) is 6.04 Å². The normalized spacial score (nSPS) is 17.3. The second-order valence-corrected chi connectivity index (χ2v) is 6.39. The van der Waals surface area contributed by atoms with Crippen molar-refractivity contribution in [3.05, 3.63) is 65.2 Å². The Morgan fingerprint density at radius 1 is 1.21 bits per heavy atom. The molecule has 1 unspecified atom stereocenters. The monoisotopic (exact) mass is 320 g/mol. The Kier molecular flexibility index (Phi) is 4.09. The van der Waals surface area contributed by atoms with E-state index in [1.54, 1.807) is 6.20 Å². The van der Waals surface area contributed by atoms with E-state index in [4.69, 9.17) is 10.3 Å². The molecule has 0 bridgehead atoms. The van der Waals surface area contributed by atoms with Gasteiger partial charge in [0.25, 0.3) is 5.89 Å². The van der Waals surface area contributed by atoms with Crippen LogP contribution in [-0.2, 0) is 19.3 Å². The summed E-state index contributed by atoms with van der Waals surface area (Å²) in [6, 6.07) is 10.6. The van der Waals surface area contributed by atoms with Crippen LogP contribution in [0.15, 0.2) is 47.2 Å². The number of fused-ring (bicyclic) bond motifs is 1. The van der Waals surface area contributed by atoms with E-state index < -0.39 is 0 Å². The van der Waals surface area contributed by atoms with Crippen LogP contribution in [0.1, 0.15) is 35.4 Å². The van der Waals surface area contributed by atoms with Gasteiger partial charge in [-0.15, -0.1) is 0 Å². The molecular weight excluding hydrogens is 300 g/mol. The maximum atomic E-state index is 6.17. The van der Waals surface area contributed by atoms with Crippen LogP contribution in [0.5, 0.6) is 0 Å². The fourth-order valence-electron chi connectivity index (χ4n) is 3.26. The second-order valence-electron chi connectivity index (χ2n) is 6.39. The molecule has 0 aliphatic heterocycles. The smallest absolute Gasteiger partial charge is 0.257 e. The quantitative estimate of drug-likeness (QED) is 0.751. The summed E-state index contributed by atoms with van der Waals surface area (Å²) in [6.07, 6.45) is 8.45.